The number of pyridine rings is 3. The fraction of sp³-hybridized carbons (Fsp3) is 0.0408. The summed E-state index contributed by atoms with van der Waals surface area (Å²) in [6.07, 6.45) is 13.4. The van der Waals surface area contributed by atoms with Gasteiger partial charge in [-0.05, 0) is 89.5 Å². The Bertz CT molecular complexity index is 3190. The van der Waals surface area contributed by atoms with Crippen molar-refractivity contribution >= 4 is 39.7 Å². The van der Waals surface area contributed by atoms with Gasteiger partial charge in [0.2, 0.25) is 11.8 Å². The Hall–Kier alpha value is -8.11. The van der Waals surface area contributed by atoms with E-state index in [9.17, 15) is 0 Å². The van der Waals surface area contributed by atoms with Crippen LogP contribution in [-0.2, 0) is 0 Å². The molecule has 10 aromatic rings. The lowest BCUT2D eigenvalue weighted by Gasteiger charge is -2.32. The third-order valence-electron chi connectivity index (χ3n) is 11.3. The first-order chi connectivity index (χ1) is 29.2. The van der Waals surface area contributed by atoms with E-state index in [4.69, 9.17) is 24.4 Å². The van der Waals surface area contributed by atoms with Crippen molar-refractivity contribution in [2.75, 3.05) is 4.90 Å². The zero-order chi connectivity index (χ0) is 38.9. The van der Waals surface area contributed by atoms with Gasteiger partial charge in [-0.25, -0.2) is 9.97 Å². The normalized spacial score (nSPS) is 15.4. The average Bonchev–Trinajstić information content (AvgIpc) is 4.00. The lowest BCUT2D eigenvalue weighted by molar-refractivity contribution is 0.619. The Morgan fingerprint density at radius 1 is 0.593 bits per heavy atom. The number of aromatic nitrogens is 8. The first-order valence-corrected chi connectivity index (χ1v) is 19.4. The highest BCUT2D eigenvalue weighted by Gasteiger charge is 2.45. The lowest BCUT2D eigenvalue weighted by atomic mass is 9.86. The Kier molecular flexibility index (Phi) is 7.42. The highest BCUT2D eigenvalue weighted by molar-refractivity contribution is 5.95. The number of anilines is 2. The van der Waals surface area contributed by atoms with Gasteiger partial charge in [0.05, 0.1) is 17.3 Å². The fourth-order valence-electron chi connectivity index (χ4n) is 8.69. The van der Waals surface area contributed by atoms with Crippen LogP contribution in [0.3, 0.4) is 0 Å². The molecule has 10 nitrogen and oxygen atoms in total. The van der Waals surface area contributed by atoms with Crippen molar-refractivity contribution in [2.24, 2.45) is 0 Å². The van der Waals surface area contributed by atoms with Crippen molar-refractivity contribution in [1.29, 1.82) is 0 Å². The van der Waals surface area contributed by atoms with Gasteiger partial charge < -0.3 is 13.9 Å². The number of fused-ring (bicyclic) bond motifs is 8. The Balaban J connectivity index is 1.05. The topological polar surface area (TPSA) is 112 Å². The van der Waals surface area contributed by atoms with Gasteiger partial charge in [0, 0.05) is 70.4 Å². The molecular formula is C49H31N9O. The number of rotatable bonds is 6. The largest absolute Gasteiger partial charge is 0.436 e. The molecule has 59 heavy (non-hydrogen) atoms. The van der Waals surface area contributed by atoms with Crippen LogP contribution in [0.2, 0.25) is 0 Å². The van der Waals surface area contributed by atoms with Gasteiger partial charge >= 0.3 is 0 Å². The quantitative estimate of drug-likeness (QED) is 0.163. The molecule has 1 aliphatic heterocycles. The summed E-state index contributed by atoms with van der Waals surface area (Å²) in [6.45, 7) is 0. The molecule has 1 aliphatic carbocycles. The molecule has 2 unspecified atom stereocenters. The minimum Gasteiger partial charge on any atom is -0.436 e. The maximum Gasteiger partial charge on any atom is 0.234 e. The Labute approximate surface area is 337 Å². The van der Waals surface area contributed by atoms with Crippen molar-refractivity contribution in [2.45, 2.75) is 12.0 Å². The molecule has 0 N–H and O–H groups in total. The summed E-state index contributed by atoms with van der Waals surface area (Å²) in [5.74, 6) is 2.15. The van der Waals surface area contributed by atoms with E-state index in [0.29, 0.717) is 29.2 Å². The summed E-state index contributed by atoms with van der Waals surface area (Å²) in [5.41, 5.74) is 12.7. The molecule has 278 valence electrons. The van der Waals surface area contributed by atoms with E-state index in [1.807, 2.05) is 48.5 Å². The summed E-state index contributed by atoms with van der Waals surface area (Å²) >= 11 is 0. The summed E-state index contributed by atoms with van der Waals surface area (Å²) in [5, 5.41) is 1.17. The van der Waals surface area contributed by atoms with Crippen LogP contribution in [0.15, 0.2) is 175 Å². The first-order valence-electron chi connectivity index (χ1n) is 19.4. The van der Waals surface area contributed by atoms with Gasteiger partial charge in [0.25, 0.3) is 0 Å². The monoisotopic (exact) mass is 761 g/mol. The minimum absolute atomic E-state index is 0.0195. The lowest BCUT2D eigenvalue weighted by Crippen LogP contribution is -2.28. The molecule has 0 bridgehead atoms. The molecule has 2 atom stereocenters. The van der Waals surface area contributed by atoms with Crippen molar-refractivity contribution in [1.82, 2.24) is 39.5 Å². The molecule has 12 rings (SSSR count). The highest BCUT2D eigenvalue weighted by atomic mass is 16.3. The molecule has 0 radical (unpaired) electrons. The average molecular weight is 762 g/mol. The van der Waals surface area contributed by atoms with E-state index >= 15 is 0 Å². The molecule has 4 aromatic carbocycles. The second kappa shape index (κ2) is 13.2. The number of hydrogen-bond acceptors (Lipinski definition) is 9. The van der Waals surface area contributed by atoms with Gasteiger partial charge in [-0.15, -0.1) is 0 Å². The number of nitrogens with zero attached hydrogens (tertiary/aromatic N) is 9. The predicted molar refractivity (Wildman–Crippen MR) is 229 cm³/mol. The molecule has 6 aromatic heterocycles. The van der Waals surface area contributed by atoms with E-state index in [1.54, 1.807) is 31.0 Å². The second-order valence-electron chi connectivity index (χ2n) is 14.6. The minimum atomic E-state index is -0.192. The molecule has 10 heteroatoms. The van der Waals surface area contributed by atoms with Crippen LogP contribution in [0.5, 0.6) is 0 Å². The zero-order valence-electron chi connectivity index (χ0n) is 31.3. The van der Waals surface area contributed by atoms with Gasteiger partial charge in [0.15, 0.2) is 17.2 Å². The van der Waals surface area contributed by atoms with Crippen LogP contribution in [0.4, 0.5) is 11.6 Å². The molecular weight excluding hydrogens is 731 g/mol. The molecule has 0 amide bonds. The summed E-state index contributed by atoms with van der Waals surface area (Å²) in [6, 6.07) is 45.4. The Morgan fingerprint density at radius 3 is 2.34 bits per heavy atom. The number of oxazole rings is 1. The molecule has 7 heterocycles. The van der Waals surface area contributed by atoms with Gasteiger partial charge in [-0.2, -0.15) is 9.97 Å². The maximum absolute atomic E-state index is 6.14. The standard InChI is InChI=1S/C49H31N9O/c1-3-15-41-35(12-1)37-18-19-38-36-13-2-4-16-42(36)58(49-55-46(33-10-8-23-51-29-33)54-47(56-49)39-14-5-6-24-52-39)45(38)44(37)57(41)34-11-7-9-31(27-34)32-17-20-43-40(28-32)53-48(59-43)30-21-25-50-26-22-30/h1-29,38,45H. The van der Waals surface area contributed by atoms with Crippen molar-refractivity contribution < 1.29 is 4.42 Å². The molecule has 0 fully saturated rings. The van der Waals surface area contributed by atoms with E-state index in [0.717, 1.165) is 55.9 Å². The van der Waals surface area contributed by atoms with Crippen molar-refractivity contribution in [3.63, 3.8) is 0 Å². The SMILES string of the molecule is C1=CC2c3ccccc3N(c3nc(-c4cccnc4)nc(-c4ccccn4)n3)C2c2c1c1ccccc1n2-c1cccc(-c2ccc3oc(-c4ccncc4)nc3c2)c1. The van der Waals surface area contributed by atoms with Crippen LogP contribution in [0.25, 0.3) is 79.3 Å². The number of benzene rings is 4. The van der Waals surface area contributed by atoms with Crippen LogP contribution in [0, 0.1) is 0 Å². The first kappa shape index (κ1) is 33.1. The van der Waals surface area contributed by atoms with E-state index in [1.165, 1.54) is 16.5 Å². The van der Waals surface area contributed by atoms with Gasteiger partial charge in [-0.1, -0.05) is 72.8 Å². The smallest absolute Gasteiger partial charge is 0.234 e. The third kappa shape index (κ3) is 5.38. The van der Waals surface area contributed by atoms with Crippen LogP contribution >= 0.6 is 0 Å². The van der Waals surface area contributed by atoms with E-state index < -0.39 is 0 Å². The fourth-order valence-corrected chi connectivity index (χ4v) is 8.69. The van der Waals surface area contributed by atoms with E-state index in [-0.39, 0.29) is 12.0 Å². The number of hydrogen-bond donors (Lipinski definition) is 0. The van der Waals surface area contributed by atoms with Crippen molar-refractivity contribution in [3.8, 4) is 51.2 Å². The predicted octanol–water partition coefficient (Wildman–Crippen LogP) is 10.8. The summed E-state index contributed by atoms with van der Waals surface area (Å²) in [4.78, 5) is 35.7. The van der Waals surface area contributed by atoms with Crippen LogP contribution in [-0.4, -0.2) is 39.5 Å². The van der Waals surface area contributed by atoms with Crippen LogP contribution in [0.1, 0.15) is 28.8 Å². The molecule has 0 saturated heterocycles. The second-order valence-corrected chi connectivity index (χ2v) is 14.6. The molecule has 0 spiro atoms. The van der Waals surface area contributed by atoms with Crippen molar-refractivity contribution in [3.05, 3.63) is 187 Å². The molecule has 2 aliphatic rings. The molecule has 0 saturated carbocycles. The van der Waals surface area contributed by atoms with Gasteiger partial charge in [0.1, 0.15) is 11.2 Å². The summed E-state index contributed by atoms with van der Waals surface area (Å²) in [7, 11) is 0. The van der Waals surface area contributed by atoms with Gasteiger partial charge in [-0.3, -0.25) is 15.0 Å². The van der Waals surface area contributed by atoms with Crippen LogP contribution < -0.4 is 4.90 Å². The van der Waals surface area contributed by atoms with E-state index in [2.05, 4.69) is 122 Å². The highest BCUT2D eigenvalue weighted by Crippen LogP contribution is 2.57. The number of para-hydroxylation sites is 2. The maximum atomic E-state index is 6.14. The third-order valence-corrected chi connectivity index (χ3v) is 11.3. The Morgan fingerprint density at radius 2 is 1.44 bits per heavy atom. The zero-order valence-corrected chi connectivity index (χ0v) is 31.3. The summed E-state index contributed by atoms with van der Waals surface area (Å²) < 4.78 is 8.57.